The summed E-state index contributed by atoms with van der Waals surface area (Å²) in [4.78, 5) is 2.21. The number of nitrogens with one attached hydrogen (secondary N) is 2. The van der Waals surface area contributed by atoms with E-state index in [-0.39, 0.29) is 21.5 Å². The number of hydrogen-bond acceptors (Lipinski definition) is 6. The number of alkyl halides is 1. The summed E-state index contributed by atoms with van der Waals surface area (Å²) in [5.74, 6) is 0. The molecular weight excluding hydrogens is 397 g/mol. The number of aromatic nitrogens is 3. The Labute approximate surface area is 144 Å². The van der Waals surface area contributed by atoms with Gasteiger partial charge in [0, 0.05) is 6.54 Å². The molecule has 1 heterocycles. The van der Waals surface area contributed by atoms with Crippen molar-refractivity contribution >= 4 is 0 Å². The minimum absolute atomic E-state index is 0.145. The molecule has 0 fully saturated rings. The van der Waals surface area contributed by atoms with Gasteiger partial charge in [-0.1, -0.05) is 6.92 Å². The molecule has 1 rings (SSSR count). The summed E-state index contributed by atoms with van der Waals surface area (Å²) in [6.07, 6.45) is 3.96. The van der Waals surface area contributed by atoms with E-state index in [2.05, 4.69) is 31.0 Å². The molecule has 1 aromatic rings. The van der Waals surface area contributed by atoms with Crippen LogP contribution in [0.4, 0.5) is 0 Å². The SMILES string of the molecule is CCCNCCOCCOCCn1nncc1CCN[I-]C. The Hall–Kier alpha value is -0.290. The first kappa shape index (κ1) is 19.8. The Morgan fingerprint density at radius 2 is 1.95 bits per heavy atom. The Balaban J connectivity index is 1.97. The summed E-state index contributed by atoms with van der Waals surface area (Å²) in [7, 11) is 0. The van der Waals surface area contributed by atoms with Crippen molar-refractivity contribution in [2.75, 3.05) is 51.0 Å². The molecular formula is C14H29IN5O2-. The van der Waals surface area contributed by atoms with E-state index < -0.39 is 0 Å². The van der Waals surface area contributed by atoms with Crippen LogP contribution >= 0.6 is 0 Å². The van der Waals surface area contributed by atoms with E-state index in [0.29, 0.717) is 19.8 Å². The molecule has 0 saturated heterocycles. The van der Waals surface area contributed by atoms with E-state index in [1.165, 1.54) is 0 Å². The number of hydrogen-bond donors (Lipinski definition) is 2. The minimum atomic E-state index is 0.145. The van der Waals surface area contributed by atoms with Crippen molar-refractivity contribution in [3.05, 3.63) is 11.9 Å². The van der Waals surface area contributed by atoms with Gasteiger partial charge in [-0.15, -0.1) is 0 Å². The molecule has 0 atom stereocenters. The number of rotatable bonds is 15. The van der Waals surface area contributed by atoms with Crippen molar-refractivity contribution in [1.82, 2.24) is 23.8 Å². The van der Waals surface area contributed by atoms with Crippen LogP contribution in [0.1, 0.15) is 19.0 Å². The quantitative estimate of drug-likeness (QED) is 0.136. The summed E-state index contributed by atoms with van der Waals surface area (Å²) < 4.78 is 16.4. The van der Waals surface area contributed by atoms with Crippen LogP contribution in [0.25, 0.3) is 0 Å². The Morgan fingerprint density at radius 3 is 2.73 bits per heavy atom. The van der Waals surface area contributed by atoms with E-state index in [1.807, 2.05) is 10.9 Å². The predicted molar refractivity (Wildman–Crippen MR) is 82.5 cm³/mol. The van der Waals surface area contributed by atoms with Gasteiger partial charge in [-0.3, -0.25) is 0 Å². The standard InChI is InChI=1S/C14H29IN5O2/c1-3-5-16-7-9-21-11-12-22-10-8-20-14(13-18-19-20)4-6-17-15-2/h13,16-17H,3-12H2,1-2H3/q-1. The zero-order valence-corrected chi connectivity index (χ0v) is 15.8. The molecule has 1 aromatic heterocycles. The van der Waals surface area contributed by atoms with Crippen LogP contribution < -0.4 is 30.3 Å². The maximum absolute atomic E-state index is 5.57. The second kappa shape index (κ2) is 14.3. The van der Waals surface area contributed by atoms with Crippen LogP contribution in [0.5, 0.6) is 0 Å². The first-order valence-electron chi connectivity index (χ1n) is 7.83. The fourth-order valence-corrected chi connectivity index (χ4v) is 2.66. The third-order valence-corrected chi connectivity index (χ3v) is 4.28. The average molecular weight is 426 g/mol. The fraction of sp³-hybridized carbons (Fsp3) is 0.857. The molecule has 0 bridgehead atoms. The van der Waals surface area contributed by atoms with Gasteiger partial charge in [0.05, 0.1) is 0 Å². The summed E-state index contributed by atoms with van der Waals surface area (Å²) in [5.41, 5.74) is 1.16. The second-order valence-electron chi connectivity index (χ2n) is 4.75. The van der Waals surface area contributed by atoms with Crippen LogP contribution in [-0.2, 0) is 22.4 Å². The molecule has 0 saturated carbocycles. The van der Waals surface area contributed by atoms with Crippen molar-refractivity contribution in [2.24, 2.45) is 0 Å². The van der Waals surface area contributed by atoms with Crippen LogP contribution in [0.15, 0.2) is 6.20 Å². The molecule has 0 amide bonds. The van der Waals surface area contributed by atoms with Gasteiger partial charge in [0.1, 0.15) is 0 Å². The second-order valence-corrected chi connectivity index (χ2v) is 6.59. The zero-order valence-electron chi connectivity index (χ0n) is 13.7. The van der Waals surface area contributed by atoms with E-state index in [0.717, 1.165) is 51.3 Å². The fourth-order valence-electron chi connectivity index (χ4n) is 1.85. The molecule has 0 aliphatic rings. The Morgan fingerprint density at radius 1 is 1.14 bits per heavy atom. The maximum atomic E-state index is 5.57. The monoisotopic (exact) mass is 426 g/mol. The molecule has 0 aliphatic heterocycles. The molecule has 0 spiro atoms. The molecule has 22 heavy (non-hydrogen) atoms. The summed E-state index contributed by atoms with van der Waals surface area (Å²) in [6, 6.07) is 0. The van der Waals surface area contributed by atoms with Gasteiger partial charge >= 0.3 is 112 Å². The topological polar surface area (TPSA) is 73.2 Å². The molecule has 0 unspecified atom stereocenters. The van der Waals surface area contributed by atoms with E-state index >= 15 is 0 Å². The van der Waals surface area contributed by atoms with E-state index in [1.54, 1.807) is 0 Å². The Bertz CT molecular complexity index is 365. The predicted octanol–water partition coefficient (Wildman–Crippen LogP) is -2.92. The molecule has 8 heteroatoms. The summed E-state index contributed by atoms with van der Waals surface area (Å²) >= 11 is 0.145. The third-order valence-electron chi connectivity index (χ3n) is 2.98. The molecule has 0 radical (unpaired) electrons. The average Bonchev–Trinajstić information content (AvgIpc) is 2.97. The Kier molecular flexibility index (Phi) is 12.9. The van der Waals surface area contributed by atoms with Crippen molar-refractivity contribution in [2.45, 2.75) is 26.3 Å². The van der Waals surface area contributed by atoms with Crippen LogP contribution in [0.3, 0.4) is 0 Å². The van der Waals surface area contributed by atoms with Gasteiger partial charge in [-0.25, -0.2) is 0 Å². The van der Waals surface area contributed by atoms with Crippen molar-refractivity contribution in [3.8, 4) is 0 Å². The van der Waals surface area contributed by atoms with Gasteiger partial charge < -0.3 is 5.32 Å². The van der Waals surface area contributed by atoms with Gasteiger partial charge in [-0.05, 0) is 13.0 Å². The number of ether oxygens (including phenoxy) is 2. The first-order chi connectivity index (χ1) is 10.9. The van der Waals surface area contributed by atoms with Crippen molar-refractivity contribution in [1.29, 1.82) is 0 Å². The normalized spacial score (nSPS) is 11.4. The van der Waals surface area contributed by atoms with Crippen molar-refractivity contribution < 1.29 is 31.0 Å². The summed E-state index contributed by atoms with van der Waals surface area (Å²) in [6.45, 7) is 8.50. The van der Waals surface area contributed by atoms with Crippen molar-refractivity contribution in [3.63, 3.8) is 0 Å². The van der Waals surface area contributed by atoms with E-state index in [9.17, 15) is 0 Å². The molecule has 7 nitrogen and oxygen atoms in total. The number of halogens is 1. The van der Waals surface area contributed by atoms with Crippen LogP contribution in [0.2, 0.25) is 0 Å². The summed E-state index contributed by atoms with van der Waals surface area (Å²) in [5, 5.41) is 11.4. The van der Waals surface area contributed by atoms with Gasteiger partial charge in [0.25, 0.3) is 0 Å². The first-order valence-corrected chi connectivity index (χ1v) is 11.1. The third kappa shape index (κ3) is 9.67. The number of nitrogens with zero attached hydrogens (tertiary/aromatic N) is 3. The molecule has 0 aromatic carbocycles. The molecule has 0 aliphatic carbocycles. The van der Waals surface area contributed by atoms with Crippen LogP contribution in [0, 0.1) is 0 Å². The molecule has 2 N–H and O–H groups in total. The van der Waals surface area contributed by atoms with Gasteiger partial charge in [0.2, 0.25) is 0 Å². The van der Waals surface area contributed by atoms with Gasteiger partial charge in [-0.2, -0.15) is 0 Å². The van der Waals surface area contributed by atoms with E-state index in [4.69, 9.17) is 9.47 Å². The zero-order chi connectivity index (χ0) is 15.9. The van der Waals surface area contributed by atoms with Crippen LogP contribution in [-0.4, -0.2) is 66.0 Å². The van der Waals surface area contributed by atoms with Gasteiger partial charge in [0.15, 0.2) is 0 Å². The molecule has 130 valence electrons.